The molecule has 4 rings (SSSR count). The van der Waals surface area contributed by atoms with Gasteiger partial charge in [0.25, 0.3) is 0 Å². The molecule has 1 aromatic carbocycles. The predicted molar refractivity (Wildman–Crippen MR) is 105 cm³/mol. The highest BCUT2D eigenvalue weighted by Crippen LogP contribution is 2.36. The minimum Gasteiger partial charge on any atom is -0.445 e. The van der Waals surface area contributed by atoms with Crippen molar-refractivity contribution in [3.8, 4) is 0 Å². The second kappa shape index (κ2) is 9.45. The molecule has 2 aliphatic heterocycles. The summed E-state index contributed by atoms with van der Waals surface area (Å²) in [5.74, 6) is 0. The van der Waals surface area contributed by atoms with Crippen LogP contribution in [0.4, 0.5) is 31.1 Å². The van der Waals surface area contributed by atoms with Gasteiger partial charge in [0.2, 0.25) is 0 Å². The van der Waals surface area contributed by atoms with Gasteiger partial charge in [0.1, 0.15) is 6.61 Å². The molecule has 1 N–H and O–H groups in total. The Bertz CT molecular complexity index is 1000. The van der Waals surface area contributed by atoms with Gasteiger partial charge >= 0.3 is 18.4 Å². The number of nitrogens with zero attached hydrogens (tertiary/aromatic N) is 3. The molecule has 3 heterocycles. The third kappa shape index (κ3) is 5.81. The number of rotatable bonds is 5. The van der Waals surface area contributed by atoms with E-state index in [2.05, 4.69) is 10.4 Å². The highest BCUT2D eigenvalue weighted by molar-refractivity contribution is 5.67. The lowest BCUT2D eigenvalue weighted by Gasteiger charge is -2.26. The van der Waals surface area contributed by atoms with Crippen LogP contribution in [0.15, 0.2) is 24.3 Å². The molecule has 2 aliphatic rings. The van der Waals surface area contributed by atoms with E-state index < -0.39 is 41.7 Å². The molecule has 1 amide bonds. The Morgan fingerprint density at radius 1 is 1.06 bits per heavy atom. The Balaban J connectivity index is 1.40. The lowest BCUT2D eigenvalue weighted by atomic mass is 10.1. The quantitative estimate of drug-likeness (QED) is 0.641. The van der Waals surface area contributed by atoms with E-state index in [1.54, 1.807) is 4.68 Å². The van der Waals surface area contributed by atoms with Gasteiger partial charge in [0.05, 0.1) is 48.3 Å². The fraction of sp³-hybridized carbons (Fsp3) is 0.524. The van der Waals surface area contributed by atoms with Crippen LogP contribution in [0.25, 0.3) is 0 Å². The molecular formula is C21H22F6N4O3. The van der Waals surface area contributed by atoms with Gasteiger partial charge in [-0.05, 0) is 36.2 Å². The number of benzene rings is 1. The van der Waals surface area contributed by atoms with Crippen LogP contribution in [-0.2, 0) is 48.1 Å². The third-order valence-corrected chi connectivity index (χ3v) is 5.54. The standard InChI is InChI=1S/C21H22F6N4O3/c22-20(23,24)14-4-13(5-15(6-14)21(25,26)27)10-34-19(32)30-2-1-3-31-18(9-30)7-16(29-31)8-28-17-11-33-12-17/h4-7,17,28H,1-3,8-12H2. The maximum Gasteiger partial charge on any atom is 0.416 e. The summed E-state index contributed by atoms with van der Waals surface area (Å²) in [4.78, 5) is 13.9. The number of ether oxygens (including phenoxy) is 2. The van der Waals surface area contributed by atoms with E-state index in [1.807, 2.05) is 6.07 Å². The summed E-state index contributed by atoms with van der Waals surface area (Å²) >= 11 is 0. The van der Waals surface area contributed by atoms with Crippen molar-refractivity contribution in [2.45, 2.75) is 51.1 Å². The maximum atomic E-state index is 13.0. The topological polar surface area (TPSA) is 68.6 Å². The molecule has 0 aliphatic carbocycles. The number of hydrogen-bond donors (Lipinski definition) is 1. The van der Waals surface area contributed by atoms with Crippen molar-refractivity contribution in [3.05, 3.63) is 52.3 Å². The number of aromatic nitrogens is 2. The van der Waals surface area contributed by atoms with Crippen molar-refractivity contribution in [3.63, 3.8) is 0 Å². The molecule has 0 spiro atoms. The smallest absolute Gasteiger partial charge is 0.416 e. The van der Waals surface area contributed by atoms with E-state index >= 15 is 0 Å². The molecule has 0 radical (unpaired) electrons. The fourth-order valence-electron chi connectivity index (χ4n) is 3.71. The number of alkyl halides is 6. The summed E-state index contributed by atoms with van der Waals surface area (Å²) in [6.45, 7) is 2.14. The van der Waals surface area contributed by atoms with Crippen LogP contribution in [0.2, 0.25) is 0 Å². The number of aryl methyl sites for hydroxylation is 1. The first-order chi connectivity index (χ1) is 16.0. The Kier molecular flexibility index (Phi) is 6.76. The number of amides is 1. The minimum atomic E-state index is -4.97. The Morgan fingerprint density at radius 2 is 1.74 bits per heavy atom. The van der Waals surface area contributed by atoms with Crippen LogP contribution >= 0.6 is 0 Å². The molecule has 1 saturated heterocycles. The average Bonchev–Trinajstić information content (AvgIpc) is 2.99. The van der Waals surface area contributed by atoms with E-state index in [0.717, 1.165) is 11.4 Å². The van der Waals surface area contributed by atoms with Crippen LogP contribution < -0.4 is 5.32 Å². The number of hydrogen-bond acceptors (Lipinski definition) is 5. The molecule has 2 aromatic rings. The Labute approximate surface area is 190 Å². The molecule has 1 fully saturated rings. The van der Waals surface area contributed by atoms with E-state index in [4.69, 9.17) is 9.47 Å². The summed E-state index contributed by atoms with van der Waals surface area (Å²) in [5.41, 5.74) is -1.76. The van der Waals surface area contributed by atoms with Gasteiger partial charge in [-0.25, -0.2) is 4.79 Å². The van der Waals surface area contributed by atoms with E-state index in [9.17, 15) is 31.1 Å². The van der Waals surface area contributed by atoms with Gasteiger partial charge in [0.15, 0.2) is 0 Å². The second-order valence-corrected chi connectivity index (χ2v) is 8.21. The van der Waals surface area contributed by atoms with E-state index in [0.29, 0.717) is 51.4 Å². The van der Waals surface area contributed by atoms with Crippen LogP contribution in [0.1, 0.15) is 34.5 Å². The average molecular weight is 492 g/mol. The van der Waals surface area contributed by atoms with Gasteiger partial charge in [0, 0.05) is 19.6 Å². The van der Waals surface area contributed by atoms with E-state index in [1.165, 1.54) is 4.90 Å². The molecule has 34 heavy (non-hydrogen) atoms. The minimum absolute atomic E-state index is 0.0334. The predicted octanol–water partition coefficient (Wildman–Crippen LogP) is 3.95. The molecule has 1 aromatic heterocycles. The van der Waals surface area contributed by atoms with E-state index in [-0.39, 0.29) is 18.7 Å². The van der Waals surface area contributed by atoms with Crippen molar-refractivity contribution in [1.82, 2.24) is 20.0 Å². The molecule has 0 saturated carbocycles. The number of fused-ring (bicyclic) bond motifs is 1. The molecule has 13 heteroatoms. The fourth-order valence-corrected chi connectivity index (χ4v) is 3.71. The van der Waals surface area contributed by atoms with Gasteiger partial charge in [-0.3, -0.25) is 4.68 Å². The van der Waals surface area contributed by atoms with Crippen LogP contribution in [0.3, 0.4) is 0 Å². The molecule has 0 atom stereocenters. The van der Waals surface area contributed by atoms with Gasteiger partial charge in [-0.2, -0.15) is 31.4 Å². The van der Waals surface area contributed by atoms with Crippen molar-refractivity contribution in [1.29, 1.82) is 0 Å². The largest absolute Gasteiger partial charge is 0.445 e. The summed E-state index contributed by atoms with van der Waals surface area (Å²) in [5, 5.41) is 7.81. The zero-order valence-corrected chi connectivity index (χ0v) is 17.9. The first-order valence-electron chi connectivity index (χ1n) is 10.6. The SMILES string of the molecule is O=C(OCc1cc(C(F)(F)F)cc(C(F)(F)F)c1)N1CCCn2nc(CNC3COC3)cc2C1. The zero-order chi connectivity index (χ0) is 24.5. The highest BCUT2D eigenvalue weighted by atomic mass is 19.4. The second-order valence-electron chi connectivity index (χ2n) is 8.21. The van der Waals surface area contributed by atoms with Crippen LogP contribution in [0.5, 0.6) is 0 Å². The lowest BCUT2D eigenvalue weighted by molar-refractivity contribution is -0.143. The number of halogens is 6. The highest BCUT2D eigenvalue weighted by Gasteiger charge is 2.37. The first-order valence-corrected chi connectivity index (χ1v) is 10.6. The maximum absolute atomic E-state index is 13.0. The lowest BCUT2D eigenvalue weighted by Crippen LogP contribution is -2.45. The summed E-state index contributed by atoms with van der Waals surface area (Å²) in [7, 11) is 0. The molecule has 186 valence electrons. The van der Waals surface area contributed by atoms with Crippen LogP contribution in [0, 0.1) is 0 Å². The van der Waals surface area contributed by atoms with Gasteiger partial charge in [-0.15, -0.1) is 0 Å². The number of carbonyl (C=O) groups excluding carboxylic acids is 1. The van der Waals surface area contributed by atoms with Crippen molar-refractivity contribution >= 4 is 6.09 Å². The third-order valence-electron chi connectivity index (χ3n) is 5.54. The van der Waals surface area contributed by atoms with Crippen molar-refractivity contribution in [2.75, 3.05) is 19.8 Å². The number of nitrogens with one attached hydrogen (secondary N) is 1. The molecule has 0 bridgehead atoms. The monoisotopic (exact) mass is 492 g/mol. The molecule has 0 unspecified atom stereocenters. The normalized spacial score (nSPS) is 17.2. The van der Waals surface area contributed by atoms with Crippen LogP contribution in [-0.4, -0.2) is 46.6 Å². The van der Waals surface area contributed by atoms with Gasteiger partial charge in [-0.1, -0.05) is 0 Å². The van der Waals surface area contributed by atoms with Crippen molar-refractivity contribution < 1.29 is 40.6 Å². The Morgan fingerprint density at radius 3 is 2.32 bits per heavy atom. The summed E-state index contributed by atoms with van der Waals surface area (Å²) < 4.78 is 90.2. The first kappa shape index (κ1) is 24.3. The zero-order valence-electron chi connectivity index (χ0n) is 17.9. The van der Waals surface area contributed by atoms with Gasteiger partial charge < -0.3 is 19.7 Å². The van der Waals surface area contributed by atoms with Crippen molar-refractivity contribution in [2.24, 2.45) is 0 Å². The Hall–Kier alpha value is -2.80. The summed E-state index contributed by atoms with van der Waals surface area (Å²) in [6, 6.07) is 3.26. The number of carbonyl (C=O) groups is 1. The molecule has 7 nitrogen and oxygen atoms in total. The summed E-state index contributed by atoms with van der Waals surface area (Å²) in [6.07, 6.45) is -10.2. The molecular weight excluding hydrogens is 470 g/mol.